The monoisotopic (exact) mass is 336 g/mol. The molecule has 1 N–H and O–H groups in total. The second-order valence-corrected chi connectivity index (χ2v) is 6.43. The van der Waals surface area contributed by atoms with E-state index < -0.39 is 0 Å². The smallest absolute Gasteiger partial charge is 0.120 e. The fourth-order valence-electron chi connectivity index (χ4n) is 3.07. The van der Waals surface area contributed by atoms with Gasteiger partial charge in [0.25, 0.3) is 0 Å². The molecule has 4 nitrogen and oxygen atoms in total. The van der Waals surface area contributed by atoms with E-state index in [1.165, 1.54) is 5.56 Å². The van der Waals surface area contributed by atoms with Gasteiger partial charge in [0.15, 0.2) is 0 Å². The molecule has 2 aromatic rings. The van der Waals surface area contributed by atoms with E-state index in [2.05, 4.69) is 24.4 Å². The zero-order chi connectivity index (χ0) is 17.5. The second kappa shape index (κ2) is 8.66. The molecule has 130 valence electrons. The van der Waals surface area contributed by atoms with Crippen molar-refractivity contribution < 1.29 is 9.47 Å². The highest BCUT2D eigenvalue weighted by Gasteiger charge is 2.21. The molecule has 0 spiro atoms. The highest BCUT2D eigenvalue weighted by molar-refractivity contribution is 5.37. The van der Waals surface area contributed by atoms with Gasteiger partial charge in [-0.2, -0.15) is 5.26 Å². The zero-order valence-electron chi connectivity index (χ0n) is 14.6. The second-order valence-electron chi connectivity index (χ2n) is 6.43. The molecule has 1 aliphatic rings. The van der Waals surface area contributed by atoms with E-state index in [1.807, 2.05) is 42.5 Å². The molecule has 0 saturated carbocycles. The van der Waals surface area contributed by atoms with E-state index in [0.29, 0.717) is 24.3 Å². The maximum Gasteiger partial charge on any atom is 0.120 e. The van der Waals surface area contributed by atoms with Gasteiger partial charge in [0, 0.05) is 24.8 Å². The van der Waals surface area contributed by atoms with E-state index in [0.717, 1.165) is 37.3 Å². The minimum Gasteiger partial charge on any atom is -0.489 e. The third-order valence-corrected chi connectivity index (χ3v) is 4.58. The SMILES string of the molecule is CC(NCc1cccc(OCc2ccccc2C#N)c1)C1CCCO1. The average Bonchev–Trinajstić information content (AvgIpc) is 3.20. The van der Waals surface area contributed by atoms with E-state index >= 15 is 0 Å². The predicted octanol–water partition coefficient (Wildman–Crippen LogP) is 3.79. The van der Waals surface area contributed by atoms with Crippen LogP contribution in [0.3, 0.4) is 0 Å². The molecular formula is C21H24N2O2. The normalized spacial score (nSPS) is 17.8. The standard InChI is InChI=1S/C21H24N2O2/c1-16(21-10-5-11-24-21)23-14-17-6-4-9-20(12-17)25-15-19-8-3-2-7-18(19)13-22/h2-4,6-9,12,16,21,23H,5,10-11,14-15H2,1H3. The number of rotatable bonds is 7. The van der Waals surface area contributed by atoms with Crippen LogP contribution in [-0.4, -0.2) is 18.8 Å². The first-order chi connectivity index (χ1) is 12.3. The van der Waals surface area contributed by atoms with Crippen LogP contribution in [0.1, 0.15) is 36.5 Å². The molecule has 4 heteroatoms. The van der Waals surface area contributed by atoms with Crippen molar-refractivity contribution in [2.45, 2.75) is 45.1 Å². The Labute approximate surface area is 149 Å². The van der Waals surface area contributed by atoms with Crippen molar-refractivity contribution in [1.29, 1.82) is 5.26 Å². The van der Waals surface area contributed by atoms with Crippen LogP contribution < -0.4 is 10.1 Å². The first-order valence-corrected chi connectivity index (χ1v) is 8.81. The number of ether oxygens (including phenoxy) is 2. The molecule has 0 radical (unpaired) electrons. The van der Waals surface area contributed by atoms with Gasteiger partial charge in [-0.3, -0.25) is 0 Å². The van der Waals surface area contributed by atoms with Crippen LogP contribution >= 0.6 is 0 Å². The van der Waals surface area contributed by atoms with E-state index in [-0.39, 0.29) is 0 Å². The summed E-state index contributed by atoms with van der Waals surface area (Å²) in [4.78, 5) is 0. The van der Waals surface area contributed by atoms with Crippen LogP contribution in [0.25, 0.3) is 0 Å². The van der Waals surface area contributed by atoms with E-state index in [4.69, 9.17) is 14.7 Å². The number of nitrogens with one attached hydrogen (secondary N) is 1. The quantitative estimate of drug-likeness (QED) is 0.836. The fraction of sp³-hybridized carbons (Fsp3) is 0.381. The van der Waals surface area contributed by atoms with Crippen LogP contribution in [-0.2, 0) is 17.9 Å². The largest absolute Gasteiger partial charge is 0.489 e. The molecule has 0 bridgehead atoms. The van der Waals surface area contributed by atoms with Crippen LogP contribution in [0.15, 0.2) is 48.5 Å². The van der Waals surface area contributed by atoms with Gasteiger partial charge >= 0.3 is 0 Å². The summed E-state index contributed by atoms with van der Waals surface area (Å²) in [7, 11) is 0. The summed E-state index contributed by atoms with van der Waals surface area (Å²) in [5.41, 5.74) is 2.74. The van der Waals surface area contributed by atoms with Gasteiger partial charge in [-0.15, -0.1) is 0 Å². The van der Waals surface area contributed by atoms with Crippen molar-refractivity contribution in [2.75, 3.05) is 6.61 Å². The summed E-state index contributed by atoms with van der Waals surface area (Å²) >= 11 is 0. The highest BCUT2D eigenvalue weighted by Crippen LogP contribution is 2.18. The summed E-state index contributed by atoms with van der Waals surface area (Å²) in [6.07, 6.45) is 2.61. The molecule has 1 saturated heterocycles. The third kappa shape index (κ3) is 4.82. The van der Waals surface area contributed by atoms with Crippen LogP contribution in [0, 0.1) is 11.3 Å². The van der Waals surface area contributed by atoms with Crippen LogP contribution in [0.5, 0.6) is 5.75 Å². The first-order valence-electron chi connectivity index (χ1n) is 8.81. The molecule has 2 atom stereocenters. The molecule has 25 heavy (non-hydrogen) atoms. The summed E-state index contributed by atoms with van der Waals surface area (Å²) in [6.45, 7) is 4.24. The Bertz CT molecular complexity index is 733. The number of nitrogens with zero attached hydrogens (tertiary/aromatic N) is 1. The van der Waals surface area contributed by atoms with Gasteiger partial charge in [-0.25, -0.2) is 0 Å². The summed E-state index contributed by atoms with van der Waals surface area (Å²) < 4.78 is 11.6. The Kier molecular flexibility index (Phi) is 6.05. The summed E-state index contributed by atoms with van der Waals surface area (Å²) in [5, 5.41) is 12.7. The van der Waals surface area contributed by atoms with Gasteiger partial charge in [0.05, 0.1) is 17.7 Å². The number of nitriles is 1. The first kappa shape index (κ1) is 17.5. The molecule has 3 rings (SSSR count). The Morgan fingerprint density at radius 2 is 2.16 bits per heavy atom. The fourth-order valence-corrected chi connectivity index (χ4v) is 3.07. The van der Waals surface area contributed by atoms with Crippen molar-refractivity contribution in [3.8, 4) is 11.8 Å². The maximum absolute atomic E-state index is 9.15. The molecule has 2 aromatic carbocycles. The summed E-state index contributed by atoms with van der Waals surface area (Å²) in [5.74, 6) is 0.816. The van der Waals surface area contributed by atoms with E-state index in [9.17, 15) is 0 Å². The minimum absolute atomic E-state index is 0.321. The van der Waals surface area contributed by atoms with Crippen molar-refractivity contribution in [3.05, 3.63) is 65.2 Å². The lowest BCUT2D eigenvalue weighted by molar-refractivity contribution is 0.0832. The van der Waals surface area contributed by atoms with Crippen LogP contribution in [0.2, 0.25) is 0 Å². The predicted molar refractivity (Wildman–Crippen MR) is 97.2 cm³/mol. The third-order valence-electron chi connectivity index (χ3n) is 4.58. The topological polar surface area (TPSA) is 54.3 Å². The van der Waals surface area contributed by atoms with Gasteiger partial charge < -0.3 is 14.8 Å². The molecule has 0 aliphatic carbocycles. The number of benzene rings is 2. The van der Waals surface area contributed by atoms with Crippen molar-refractivity contribution in [2.24, 2.45) is 0 Å². The van der Waals surface area contributed by atoms with E-state index in [1.54, 1.807) is 0 Å². The number of hydrogen-bond acceptors (Lipinski definition) is 4. The molecule has 1 aliphatic heterocycles. The average molecular weight is 336 g/mol. The molecular weight excluding hydrogens is 312 g/mol. The molecule has 1 fully saturated rings. The lowest BCUT2D eigenvalue weighted by atomic mass is 10.1. The van der Waals surface area contributed by atoms with Crippen molar-refractivity contribution >= 4 is 0 Å². The lowest BCUT2D eigenvalue weighted by Crippen LogP contribution is -2.36. The molecule has 1 heterocycles. The Hall–Kier alpha value is -2.35. The maximum atomic E-state index is 9.15. The van der Waals surface area contributed by atoms with Gasteiger partial charge in [-0.05, 0) is 43.5 Å². The lowest BCUT2D eigenvalue weighted by Gasteiger charge is -2.20. The number of hydrogen-bond donors (Lipinski definition) is 1. The van der Waals surface area contributed by atoms with Crippen molar-refractivity contribution in [1.82, 2.24) is 5.32 Å². The Morgan fingerprint density at radius 1 is 1.28 bits per heavy atom. The molecule has 0 aromatic heterocycles. The Balaban J connectivity index is 1.55. The Morgan fingerprint density at radius 3 is 2.96 bits per heavy atom. The molecule has 0 amide bonds. The van der Waals surface area contributed by atoms with Crippen molar-refractivity contribution in [3.63, 3.8) is 0 Å². The van der Waals surface area contributed by atoms with Gasteiger partial charge in [0.1, 0.15) is 12.4 Å². The minimum atomic E-state index is 0.321. The van der Waals surface area contributed by atoms with Gasteiger partial charge in [0.2, 0.25) is 0 Å². The highest BCUT2D eigenvalue weighted by atomic mass is 16.5. The van der Waals surface area contributed by atoms with Crippen LogP contribution in [0.4, 0.5) is 0 Å². The van der Waals surface area contributed by atoms with Gasteiger partial charge in [-0.1, -0.05) is 30.3 Å². The zero-order valence-corrected chi connectivity index (χ0v) is 14.6. The molecule has 2 unspecified atom stereocenters. The summed E-state index contributed by atoms with van der Waals surface area (Å²) in [6, 6.07) is 18.1.